The van der Waals surface area contributed by atoms with E-state index in [2.05, 4.69) is 0 Å². The lowest BCUT2D eigenvalue weighted by Crippen LogP contribution is -1.92. The fourth-order valence-corrected chi connectivity index (χ4v) is 2.00. The van der Waals surface area contributed by atoms with Crippen LogP contribution in [0.5, 0.6) is 17.2 Å². The van der Waals surface area contributed by atoms with Crippen LogP contribution in [0.2, 0.25) is 0 Å². The first-order valence-electron chi connectivity index (χ1n) is 5.44. The largest absolute Gasteiger partial charge is 0.508 e. The molecule has 0 aromatic heterocycles. The van der Waals surface area contributed by atoms with E-state index in [0.29, 0.717) is 5.75 Å². The van der Waals surface area contributed by atoms with Crippen molar-refractivity contribution in [1.29, 1.82) is 0 Å². The standard InChI is InChI=1S/C14H12O3/c1-9-11(3-2-4-12(9)15)10-5-6-13-14(7-10)17-8-16-13/h2-7,15H,8H2,1H3. The zero-order valence-electron chi connectivity index (χ0n) is 9.43. The van der Waals surface area contributed by atoms with E-state index in [1.807, 2.05) is 37.3 Å². The average molecular weight is 228 g/mol. The summed E-state index contributed by atoms with van der Waals surface area (Å²) in [5, 5.41) is 9.70. The Kier molecular flexibility index (Phi) is 2.18. The number of benzene rings is 2. The topological polar surface area (TPSA) is 38.7 Å². The Morgan fingerprint density at radius 1 is 1.06 bits per heavy atom. The number of hydrogen-bond acceptors (Lipinski definition) is 3. The van der Waals surface area contributed by atoms with Gasteiger partial charge in [-0.3, -0.25) is 0 Å². The Labute approximate surface area is 99.2 Å². The van der Waals surface area contributed by atoms with Crippen molar-refractivity contribution in [2.24, 2.45) is 0 Å². The van der Waals surface area contributed by atoms with Crippen LogP contribution in [0.1, 0.15) is 5.56 Å². The van der Waals surface area contributed by atoms with Gasteiger partial charge in [0.05, 0.1) is 0 Å². The van der Waals surface area contributed by atoms with Crippen LogP contribution in [0.15, 0.2) is 36.4 Å². The van der Waals surface area contributed by atoms with Crippen LogP contribution >= 0.6 is 0 Å². The lowest BCUT2D eigenvalue weighted by molar-refractivity contribution is 0.174. The van der Waals surface area contributed by atoms with Gasteiger partial charge in [0, 0.05) is 0 Å². The van der Waals surface area contributed by atoms with Crippen molar-refractivity contribution in [2.45, 2.75) is 6.92 Å². The minimum absolute atomic E-state index is 0.276. The number of phenols is 1. The number of fused-ring (bicyclic) bond motifs is 1. The maximum Gasteiger partial charge on any atom is 0.231 e. The zero-order valence-corrected chi connectivity index (χ0v) is 9.43. The third-order valence-electron chi connectivity index (χ3n) is 2.99. The van der Waals surface area contributed by atoms with Crippen LogP contribution in [-0.4, -0.2) is 11.9 Å². The molecule has 0 unspecified atom stereocenters. The first kappa shape index (κ1) is 10.0. The van der Waals surface area contributed by atoms with Gasteiger partial charge in [-0.25, -0.2) is 0 Å². The van der Waals surface area contributed by atoms with Gasteiger partial charge in [-0.05, 0) is 41.8 Å². The molecule has 3 nitrogen and oxygen atoms in total. The van der Waals surface area contributed by atoms with Crippen LogP contribution in [0.25, 0.3) is 11.1 Å². The van der Waals surface area contributed by atoms with Crippen LogP contribution in [-0.2, 0) is 0 Å². The first-order valence-corrected chi connectivity index (χ1v) is 5.44. The molecule has 0 saturated carbocycles. The van der Waals surface area contributed by atoms with Gasteiger partial charge in [-0.1, -0.05) is 18.2 Å². The van der Waals surface area contributed by atoms with Crippen molar-refractivity contribution in [2.75, 3.05) is 6.79 Å². The number of phenolic OH excluding ortho intramolecular Hbond substituents is 1. The quantitative estimate of drug-likeness (QED) is 0.815. The van der Waals surface area contributed by atoms with E-state index in [4.69, 9.17) is 9.47 Å². The smallest absolute Gasteiger partial charge is 0.231 e. The summed E-state index contributed by atoms with van der Waals surface area (Å²) in [6, 6.07) is 11.3. The molecule has 1 heterocycles. The van der Waals surface area contributed by atoms with Crippen LogP contribution in [0.4, 0.5) is 0 Å². The monoisotopic (exact) mass is 228 g/mol. The molecule has 0 fully saturated rings. The van der Waals surface area contributed by atoms with Gasteiger partial charge in [0.2, 0.25) is 6.79 Å². The van der Waals surface area contributed by atoms with Gasteiger partial charge in [0.25, 0.3) is 0 Å². The van der Waals surface area contributed by atoms with E-state index in [9.17, 15) is 5.11 Å². The second-order valence-electron chi connectivity index (χ2n) is 4.02. The van der Waals surface area contributed by atoms with Crippen LogP contribution in [0.3, 0.4) is 0 Å². The normalized spacial score (nSPS) is 12.8. The molecule has 0 saturated heterocycles. The predicted molar refractivity (Wildman–Crippen MR) is 64.4 cm³/mol. The third kappa shape index (κ3) is 1.60. The van der Waals surface area contributed by atoms with Crippen molar-refractivity contribution in [3.05, 3.63) is 42.0 Å². The van der Waals surface area contributed by atoms with Crippen LogP contribution < -0.4 is 9.47 Å². The second-order valence-corrected chi connectivity index (χ2v) is 4.02. The molecule has 17 heavy (non-hydrogen) atoms. The Bertz CT molecular complexity index is 576. The lowest BCUT2D eigenvalue weighted by atomic mass is 9.99. The Morgan fingerprint density at radius 3 is 2.76 bits per heavy atom. The number of rotatable bonds is 1. The van der Waals surface area contributed by atoms with E-state index in [-0.39, 0.29) is 6.79 Å². The number of ether oxygens (including phenoxy) is 2. The lowest BCUT2D eigenvalue weighted by Gasteiger charge is -2.08. The van der Waals surface area contributed by atoms with Gasteiger partial charge < -0.3 is 14.6 Å². The van der Waals surface area contributed by atoms with E-state index in [1.165, 1.54) is 0 Å². The number of hydrogen-bond donors (Lipinski definition) is 1. The highest BCUT2D eigenvalue weighted by Gasteiger charge is 2.14. The van der Waals surface area contributed by atoms with Crippen molar-refractivity contribution in [3.8, 4) is 28.4 Å². The summed E-state index contributed by atoms with van der Waals surface area (Å²) in [6.45, 7) is 2.17. The summed E-state index contributed by atoms with van der Waals surface area (Å²) in [6.07, 6.45) is 0. The molecule has 0 radical (unpaired) electrons. The maximum atomic E-state index is 9.70. The summed E-state index contributed by atoms with van der Waals surface area (Å²) in [4.78, 5) is 0. The van der Waals surface area contributed by atoms with Gasteiger partial charge in [-0.2, -0.15) is 0 Å². The Hall–Kier alpha value is -2.16. The van der Waals surface area contributed by atoms with Crippen molar-refractivity contribution in [3.63, 3.8) is 0 Å². The molecule has 0 bridgehead atoms. The second kappa shape index (κ2) is 3.70. The zero-order chi connectivity index (χ0) is 11.8. The molecule has 2 aromatic rings. The van der Waals surface area contributed by atoms with Gasteiger partial charge >= 0.3 is 0 Å². The maximum absolute atomic E-state index is 9.70. The van der Waals surface area contributed by atoms with E-state index in [0.717, 1.165) is 28.2 Å². The summed E-state index contributed by atoms with van der Waals surface area (Å²) in [7, 11) is 0. The predicted octanol–water partition coefficient (Wildman–Crippen LogP) is 3.10. The van der Waals surface area contributed by atoms with Crippen molar-refractivity contribution >= 4 is 0 Å². The van der Waals surface area contributed by atoms with Crippen LogP contribution in [0, 0.1) is 6.92 Å². The molecule has 0 atom stereocenters. The highest BCUT2D eigenvalue weighted by molar-refractivity contribution is 5.72. The van der Waals surface area contributed by atoms with E-state index in [1.54, 1.807) is 6.07 Å². The minimum atomic E-state index is 0.276. The summed E-state index contributed by atoms with van der Waals surface area (Å²) >= 11 is 0. The summed E-state index contributed by atoms with van der Waals surface area (Å²) in [5.74, 6) is 1.83. The van der Waals surface area contributed by atoms with Crippen molar-refractivity contribution < 1.29 is 14.6 Å². The molecule has 3 rings (SSSR count). The highest BCUT2D eigenvalue weighted by atomic mass is 16.7. The first-order chi connectivity index (χ1) is 8.25. The molecular formula is C14H12O3. The molecule has 2 aromatic carbocycles. The third-order valence-corrected chi connectivity index (χ3v) is 2.99. The molecule has 3 heteroatoms. The van der Waals surface area contributed by atoms with Gasteiger partial charge in [-0.15, -0.1) is 0 Å². The van der Waals surface area contributed by atoms with Gasteiger partial charge in [0.1, 0.15) is 5.75 Å². The van der Waals surface area contributed by atoms with Crippen molar-refractivity contribution in [1.82, 2.24) is 0 Å². The summed E-state index contributed by atoms with van der Waals surface area (Å²) < 4.78 is 10.6. The fraction of sp³-hybridized carbons (Fsp3) is 0.143. The molecule has 0 aliphatic carbocycles. The molecule has 86 valence electrons. The SMILES string of the molecule is Cc1c(O)cccc1-c1ccc2c(c1)OCO2. The minimum Gasteiger partial charge on any atom is -0.508 e. The van der Waals surface area contributed by atoms with Gasteiger partial charge in [0.15, 0.2) is 11.5 Å². The molecule has 0 spiro atoms. The molecule has 0 amide bonds. The summed E-state index contributed by atoms with van der Waals surface area (Å²) in [5.41, 5.74) is 2.89. The van der Waals surface area contributed by atoms with E-state index >= 15 is 0 Å². The molecule has 1 N–H and O–H groups in total. The molecular weight excluding hydrogens is 216 g/mol. The fourth-order valence-electron chi connectivity index (χ4n) is 2.00. The van der Waals surface area contributed by atoms with E-state index < -0.39 is 0 Å². The molecule has 1 aliphatic heterocycles. The Morgan fingerprint density at radius 2 is 1.88 bits per heavy atom. The average Bonchev–Trinajstić information content (AvgIpc) is 2.79. The molecule has 1 aliphatic rings. The number of aromatic hydroxyl groups is 1. The highest BCUT2D eigenvalue weighted by Crippen LogP contribution is 2.37. The Balaban J connectivity index is 2.13.